The van der Waals surface area contributed by atoms with E-state index in [0.29, 0.717) is 12.2 Å². The lowest BCUT2D eigenvalue weighted by Crippen LogP contribution is -2.43. The van der Waals surface area contributed by atoms with Gasteiger partial charge in [-0.2, -0.15) is 0 Å². The summed E-state index contributed by atoms with van der Waals surface area (Å²) in [4.78, 5) is 22.0. The second kappa shape index (κ2) is 6.37. The number of benzene rings is 1. The highest BCUT2D eigenvalue weighted by Gasteiger charge is 2.03. The Labute approximate surface area is 98.6 Å². The van der Waals surface area contributed by atoms with Crippen molar-refractivity contribution in [3.8, 4) is 11.5 Å². The van der Waals surface area contributed by atoms with Crippen molar-refractivity contribution in [3.63, 3.8) is 0 Å². The van der Waals surface area contributed by atoms with Crippen molar-refractivity contribution in [2.75, 3.05) is 6.61 Å². The zero-order valence-corrected chi connectivity index (χ0v) is 9.40. The van der Waals surface area contributed by atoms with Crippen LogP contribution in [0, 0.1) is 0 Å². The van der Waals surface area contributed by atoms with Gasteiger partial charge in [-0.15, -0.1) is 0 Å². The minimum absolute atomic E-state index is 0.122. The zero-order chi connectivity index (χ0) is 12.7. The number of aromatic hydroxyl groups is 1. The summed E-state index contributed by atoms with van der Waals surface area (Å²) in [5.74, 6) is -0.153. The molecule has 0 saturated carbocycles. The average Bonchev–Trinajstić information content (AvgIpc) is 2.35. The largest absolute Gasteiger partial charge is 0.508 e. The van der Waals surface area contributed by atoms with Crippen LogP contribution in [0.15, 0.2) is 24.3 Å². The van der Waals surface area contributed by atoms with Gasteiger partial charge in [0.05, 0.1) is 0 Å². The molecular formula is C11H14N2O4. The summed E-state index contributed by atoms with van der Waals surface area (Å²) < 4.78 is 5.11. The third kappa shape index (κ3) is 4.87. The van der Waals surface area contributed by atoms with Crippen LogP contribution >= 0.6 is 0 Å². The summed E-state index contributed by atoms with van der Waals surface area (Å²) in [6, 6.07) is 5.97. The first-order valence-corrected chi connectivity index (χ1v) is 5.11. The molecule has 0 aromatic heterocycles. The van der Waals surface area contributed by atoms with Crippen LogP contribution in [-0.2, 0) is 9.59 Å². The summed E-state index contributed by atoms with van der Waals surface area (Å²) in [6.45, 7) is 1.46. The quantitative estimate of drug-likeness (QED) is 0.659. The smallest absolute Gasteiger partial charge is 0.276 e. The molecule has 6 heteroatoms. The lowest BCUT2D eigenvalue weighted by Gasteiger charge is -2.07. The van der Waals surface area contributed by atoms with Crippen LogP contribution in [0.4, 0.5) is 0 Å². The van der Waals surface area contributed by atoms with E-state index >= 15 is 0 Å². The number of hydrogen-bond donors (Lipinski definition) is 3. The Morgan fingerprint density at radius 1 is 1.18 bits per heavy atom. The number of phenols is 1. The van der Waals surface area contributed by atoms with Crippen LogP contribution in [0.25, 0.3) is 0 Å². The minimum Gasteiger partial charge on any atom is -0.508 e. The molecular weight excluding hydrogens is 224 g/mol. The third-order valence-corrected chi connectivity index (χ3v) is 1.87. The zero-order valence-electron chi connectivity index (χ0n) is 9.40. The number of phenolic OH excluding ortho intramolecular Hbond substituents is 1. The second-order valence-electron chi connectivity index (χ2n) is 3.23. The predicted octanol–water partition coefficient (Wildman–Crippen LogP) is 0.328. The molecule has 3 N–H and O–H groups in total. The van der Waals surface area contributed by atoms with Gasteiger partial charge >= 0.3 is 0 Å². The molecule has 1 aromatic carbocycles. The summed E-state index contributed by atoms with van der Waals surface area (Å²) in [5, 5.41) is 9.02. The first kappa shape index (κ1) is 12.8. The van der Waals surface area contributed by atoms with Crippen LogP contribution in [-0.4, -0.2) is 23.5 Å². The van der Waals surface area contributed by atoms with Crippen molar-refractivity contribution in [3.05, 3.63) is 24.3 Å². The van der Waals surface area contributed by atoms with E-state index in [4.69, 9.17) is 9.84 Å². The first-order chi connectivity index (χ1) is 8.11. The van der Waals surface area contributed by atoms with E-state index < -0.39 is 5.91 Å². The van der Waals surface area contributed by atoms with E-state index in [1.54, 1.807) is 6.92 Å². The standard InChI is InChI=1S/C11H14N2O4/c1-2-10(15)12-13-11(16)7-17-9-5-3-8(14)4-6-9/h3-6,14H,2,7H2,1H3,(H,12,15)(H,13,16). The molecule has 0 heterocycles. The number of hydrogen-bond acceptors (Lipinski definition) is 4. The average molecular weight is 238 g/mol. The fourth-order valence-electron chi connectivity index (χ4n) is 0.955. The summed E-state index contributed by atoms with van der Waals surface area (Å²) in [6.07, 6.45) is 0.291. The van der Waals surface area contributed by atoms with E-state index in [0.717, 1.165) is 0 Å². The monoisotopic (exact) mass is 238 g/mol. The molecule has 0 spiro atoms. The van der Waals surface area contributed by atoms with Crippen LogP contribution in [0.1, 0.15) is 13.3 Å². The molecule has 0 fully saturated rings. The molecule has 1 rings (SSSR count). The van der Waals surface area contributed by atoms with Crippen LogP contribution in [0.3, 0.4) is 0 Å². The molecule has 0 aliphatic rings. The summed E-state index contributed by atoms with van der Waals surface area (Å²) in [7, 11) is 0. The molecule has 0 unspecified atom stereocenters. The highest BCUT2D eigenvalue weighted by atomic mass is 16.5. The number of rotatable bonds is 4. The molecule has 92 valence electrons. The number of nitrogens with one attached hydrogen (secondary N) is 2. The topological polar surface area (TPSA) is 87.7 Å². The molecule has 0 aliphatic carbocycles. The second-order valence-corrected chi connectivity index (χ2v) is 3.23. The normalized spacial score (nSPS) is 9.47. The highest BCUT2D eigenvalue weighted by Crippen LogP contribution is 2.15. The van der Waals surface area contributed by atoms with Gasteiger partial charge in [-0.3, -0.25) is 20.4 Å². The van der Waals surface area contributed by atoms with Crippen molar-refractivity contribution in [1.82, 2.24) is 10.9 Å². The molecule has 0 atom stereocenters. The molecule has 6 nitrogen and oxygen atoms in total. The fourth-order valence-corrected chi connectivity index (χ4v) is 0.955. The summed E-state index contributed by atoms with van der Waals surface area (Å²) in [5.41, 5.74) is 4.42. The van der Waals surface area contributed by atoms with E-state index in [9.17, 15) is 9.59 Å². The van der Waals surface area contributed by atoms with Gasteiger partial charge in [-0.05, 0) is 24.3 Å². The van der Waals surface area contributed by atoms with Gasteiger partial charge in [0.25, 0.3) is 5.91 Å². The van der Waals surface area contributed by atoms with Crippen LogP contribution in [0.2, 0.25) is 0 Å². The fraction of sp³-hybridized carbons (Fsp3) is 0.273. The first-order valence-electron chi connectivity index (χ1n) is 5.11. The Kier molecular flexibility index (Phi) is 4.80. The Morgan fingerprint density at radius 2 is 1.76 bits per heavy atom. The van der Waals surface area contributed by atoms with Gasteiger partial charge in [-0.1, -0.05) is 6.92 Å². The molecule has 17 heavy (non-hydrogen) atoms. The molecule has 0 aliphatic heterocycles. The van der Waals surface area contributed by atoms with Crippen molar-refractivity contribution in [2.45, 2.75) is 13.3 Å². The molecule has 0 bridgehead atoms. The van der Waals surface area contributed by atoms with Crippen LogP contribution in [0.5, 0.6) is 11.5 Å². The number of ether oxygens (including phenoxy) is 1. The van der Waals surface area contributed by atoms with Gasteiger partial charge in [0.1, 0.15) is 11.5 Å². The summed E-state index contributed by atoms with van der Waals surface area (Å²) >= 11 is 0. The number of carbonyl (C=O) groups is 2. The Bertz CT molecular complexity index is 389. The van der Waals surface area contributed by atoms with Gasteiger partial charge in [-0.25, -0.2) is 0 Å². The Hall–Kier alpha value is -2.24. The van der Waals surface area contributed by atoms with Crippen molar-refractivity contribution in [1.29, 1.82) is 0 Å². The maximum Gasteiger partial charge on any atom is 0.276 e. The van der Waals surface area contributed by atoms with E-state index in [1.807, 2.05) is 0 Å². The maximum absolute atomic E-state index is 11.2. The molecule has 1 aromatic rings. The van der Waals surface area contributed by atoms with Gasteiger partial charge in [0, 0.05) is 6.42 Å². The minimum atomic E-state index is -0.458. The highest BCUT2D eigenvalue weighted by molar-refractivity contribution is 5.82. The predicted molar refractivity (Wildman–Crippen MR) is 60.2 cm³/mol. The number of carbonyl (C=O) groups excluding carboxylic acids is 2. The molecule has 2 amide bonds. The molecule has 0 saturated heterocycles. The van der Waals surface area contributed by atoms with Gasteiger partial charge in [0.15, 0.2) is 6.61 Å². The third-order valence-electron chi connectivity index (χ3n) is 1.87. The van der Waals surface area contributed by atoms with E-state index in [1.165, 1.54) is 24.3 Å². The lowest BCUT2D eigenvalue weighted by atomic mass is 10.3. The van der Waals surface area contributed by atoms with Crippen molar-refractivity contribution >= 4 is 11.8 Å². The maximum atomic E-state index is 11.2. The Morgan fingerprint density at radius 3 is 2.35 bits per heavy atom. The molecule has 0 radical (unpaired) electrons. The number of amides is 2. The SMILES string of the molecule is CCC(=O)NNC(=O)COc1ccc(O)cc1. The van der Waals surface area contributed by atoms with E-state index in [2.05, 4.69) is 10.9 Å². The lowest BCUT2D eigenvalue weighted by molar-refractivity contribution is -0.129. The Balaban J connectivity index is 2.28. The van der Waals surface area contributed by atoms with Gasteiger partial charge in [0.2, 0.25) is 5.91 Å². The van der Waals surface area contributed by atoms with E-state index in [-0.39, 0.29) is 18.3 Å². The van der Waals surface area contributed by atoms with Crippen molar-refractivity contribution in [2.24, 2.45) is 0 Å². The van der Waals surface area contributed by atoms with Crippen LogP contribution < -0.4 is 15.6 Å². The van der Waals surface area contributed by atoms with Gasteiger partial charge < -0.3 is 9.84 Å². The van der Waals surface area contributed by atoms with Crippen molar-refractivity contribution < 1.29 is 19.4 Å². The number of hydrazine groups is 1.